The molecule has 0 bridgehead atoms. The van der Waals surface area contributed by atoms with Gasteiger partial charge < -0.3 is 11.1 Å². The van der Waals surface area contributed by atoms with Crippen molar-refractivity contribution in [2.45, 2.75) is 26.4 Å². The lowest BCUT2D eigenvalue weighted by molar-refractivity contribution is 0.0939. The van der Waals surface area contributed by atoms with Gasteiger partial charge >= 0.3 is 0 Å². The highest BCUT2D eigenvalue weighted by atomic mass is 35.5. The van der Waals surface area contributed by atoms with Gasteiger partial charge in [0.15, 0.2) is 0 Å². The molecule has 0 fully saturated rings. The molecule has 0 aliphatic rings. The van der Waals surface area contributed by atoms with Crippen molar-refractivity contribution in [3.8, 4) is 22.5 Å². The van der Waals surface area contributed by atoms with Gasteiger partial charge in [0.2, 0.25) is 0 Å². The van der Waals surface area contributed by atoms with E-state index in [2.05, 4.69) is 15.5 Å². The van der Waals surface area contributed by atoms with E-state index in [1.807, 2.05) is 68.4 Å². The number of nitrogens with two attached hydrogens (primary N) is 1. The highest BCUT2D eigenvalue weighted by Gasteiger charge is 2.17. The Hall–Kier alpha value is -3.48. The van der Waals surface area contributed by atoms with Crippen LogP contribution < -0.4 is 11.1 Å². The zero-order chi connectivity index (χ0) is 22.7. The van der Waals surface area contributed by atoms with E-state index >= 15 is 0 Å². The number of aromatic amines is 1. The second kappa shape index (κ2) is 9.34. The van der Waals surface area contributed by atoms with Crippen molar-refractivity contribution in [3.63, 3.8) is 0 Å². The molecule has 1 atom stereocenters. The van der Waals surface area contributed by atoms with Gasteiger partial charge in [0, 0.05) is 34.5 Å². The molecule has 162 valence electrons. The first-order valence-corrected chi connectivity index (χ1v) is 10.7. The van der Waals surface area contributed by atoms with Crippen LogP contribution >= 0.6 is 11.6 Å². The zero-order valence-corrected chi connectivity index (χ0v) is 18.6. The summed E-state index contributed by atoms with van der Waals surface area (Å²) in [4.78, 5) is 17.8. The Morgan fingerprint density at radius 1 is 1.12 bits per heavy atom. The van der Waals surface area contributed by atoms with Crippen LogP contribution in [0.15, 0.2) is 67.0 Å². The van der Waals surface area contributed by atoms with Gasteiger partial charge in [0.1, 0.15) is 0 Å². The number of benzene rings is 2. The fraction of sp³-hybridized carbons (Fsp3) is 0.160. The summed E-state index contributed by atoms with van der Waals surface area (Å²) in [6.07, 6.45) is 3.51. The van der Waals surface area contributed by atoms with E-state index in [1.165, 1.54) is 0 Å². The number of halogens is 1. The number of hydrogen-bond acceptors (Lipinski definition) is 4. The molecule has 4 rings (SSSR count). The molecule has 0 saturated heterocycles. The predicted octanol–water partition coefficient (Wildman–Crippen LogP) is 5.05. The Kier molecular flexibility index (Phi) is 6.35. The molecular formula is C25H24ClN5O. The van der Waals surface area contributed by atoms with Crippen molar-refractivity contribution in [3.05, 3.63) is 94.3 Å². The van der Waals surface area contributed by atoms with Gasteiger partial charge in [0.25, 0.3) is 5.91 Å². The molecule has 0 aliphatic heterocycles. The number of nitrogens with one attached hydrogen (secondary N) is 2. The van der Waals surface area contributed by atoms with Crippen LogP contribution in [0.4, 0.5) is 0 Å². The lowest BCUT2D eigenvalue weighted by atomic mass is 10.0. The minimum absolute atomic E-state index is 0.142. The first-order chi connectivity index (χ1) is 15.4. The number of rotatable bonds is 6. The summed E-state index contributed by atoms with van der Waals surface area (Å²) < 4.78 is 0. The van der Waals surface area contributed by atoms with Gasteiger partial charge in [-0.15, -0.1) is 0 Å². The van der Waals surface area contributed by atoms with E-state index in [9.17, 15) is 4.79 Å². The van der Waals surface area contributed by atoms with Crippen LogP contribution in [0.3, 0.4) is 0 Å². The fourth-order valence-electron chi connectivity index (χ4n) is 3.53. The van der Waals surface area contributed by atoms with Crippen LogP contribution in [-0.4, -0.2) is 21.1 Å². The highest BCUT2D eigenvalue weighted by molar-refractivity contribution is 6.30. The van der Waals surface area contributed by atoms with Gasteiger partial charge in [-0.25, -0.2) is 4.98 Å². The summed E-state index contributed by atoms with van der Waals surface area (Å²) in [6, 6.07) is 16.9. The van der Waals surface area contributed by atoms with Crippen LogP contribution in [0.2, 0.25) is 5.02 Å². The number of carbonyl (C=O) groups excluding carboxylic acids is 1. The topological polar surface area (TPSA) is 96.7 Å². The molecule has 6 nitrogen and oxygen atoms in total. The Balaban J connectivity index is 1.70. The highest BCUT2D eigenvalue weighted by Crippen LogP contribution is 2.28. The van der Waals surface area contributed by atoms with E-state index in [0.717, 1.165) is 39.2 Å². The number of aryl methyl sites for hydroxylation is 1. The molecule has 0 spiro atoms. The molecule has 1 amide bonds. The van der Waals surface area contributed by atoms with Crippen molar-refractivity contribution in [2.24, 2.45) is 5.73 Å². The minimum atomic E-state index is -0.255. The van der Waals surface area contributed by atoms with E-state index < -0.39 is 0 Å². The quantitative estimate of drug-likeness (QED) is 0.387. The van der Waals surface area contributed by atoms with Crippen LogP contribution in [0.25, 0.3) is 22.5 Å². The van der Waals surface area contributed by atoms with E-state index in [-0.39, 0.29) is 11.9 Å². The van der Waals surface area contributed by atoms with Gasteiger partial charge in [-0.05, 0) is 60.9 Å². The Morgan fingerprint density at radius 2 is 1.91 bits per heavy atom. The lowest BCUT2D eigenvalue weighted by Gasteiger charge is -2.18. The number of aromatic nitrogens is 3. The standard InChI is InChI=1S/C25H24ClN5O/c1-15-6-7-17(12-27)8-22(15)25(32)30-16(2)19-10-23(18-4-3-5-21(26)9-18)31-24(11-19)20-13-28-29-14-20/h3-11,13-14,16H,12,27H2,1-2H3,(H,28,29)(H,30,32). The molecule has 0 radical (unpaired) electrons. The zero-order valence-electron chi connectivity index (χ0n) is 17.9. The molecule has 2 aromatic carbocycles. The second-order valence-electron chi connectivity index (χ2n) is 7.72. The van der Waals surface area contributed by atoms with Crippen LogP contribution in [-0.2, 0) is 6.54 Å². The van der Waals surface area contributed by atoms with Gasteiger partial charge in [-0.1, -0.05) is 35.9 Å². The first-order valence-electron chi connectivity index (χ1n) is 10.3. The van der Waals surface area contributed by atoms with Gasteiger partial charge in [0.05, 0.1) is 23.6 Å². The van der Waals surface area contributed by atoms with Crippen molar-refractivity contribution >= 4 is 17.5 Å². The number of hydrogen-bond donors (Lipinski definition) is 3. The first kappa shape index (κ1) is 21.7. The van der Waals surface area contributed by atoms with Crippen molar-refractivity contribution < 1.29 is 4.79 Å². The average Bonchev–Trinajstić information content (AvgIpc) is 3.34. The third-order valence-corrected chi connectivity index (χ3v) is 5.63. The second-order valence-corrected chi connectivity index (χ2v) is 8.15. The number of amides is 1. The maximum atomic E-state index is 13.0. The third kappa shape index (κ3) is 4.72. The molecule has 4 N–H and O–H groups in total. The maximum absolute atomic E-state index is 13.0. The molecule has 32 heavy (non-hydrogen) atoms. The molecule has 2 aromatic heterocycles. The van der Waals surface area contributed by atoms with E-state index in [0.29, 0.717) is 17.1 Å². The largest absolute Gasteiger partial charge is 0.346 e. The average molecular weight is 446 g/mol. The fourth-order valence-corrected chi connectivity index (χ4v) is 3.73. The molecule has 2 heterocycles. The van der Waals surface area contributed by atoms with Gasteiger partial charge in [-0.2, -0.15) is 5.10 Å². The Labute approximate surface area is 191 Å². The van der Waals surface area contributed by atoms with Crippen LogP contribution in [0.5, 0.6) is 0 Å². The molecule has 0 aliphatic carbocycles. The summed E-state index contributed by atoms with van der Waals surface area (Å²) in [7, 11) is 0. The van der Waals surface area contributed by atoms with E-state index in [4.69, 9.17) is 22.3 Å². The number of pyridine rings is 1. The number of nitrogens with zero attached hydrogens (tertiary/aromatic N) is 2. The van der Waals surface area contributed by atoms with Crippen molar-refractivity contribution in [2.75, 3.05) is 0 Å². The molecular weight excluding hydrogens is 422 g/mol. The molecule has 1 unspecified atom stereocenters. The smallest absolute Gasteiger partial charge is 0.252 e. The van der Waals surface area contributed by atoms with E-state index in [1.54, 1.807) is 12.4 Å². The number of carbonyl (C=O) groups is 1. The number of H-pyrrole nitrogens is 1. The summed E-state index contributed by atoms with van der Waals surface area (Å²) >= 11 is 6.20. The predicted molar refractivity (Wildman–Crippen MR) is 127 cm³/mol. The Morgan fingerprint density at radius 3 is 2.59 bits per heavy atom. The van der Waals surface area contributed by atoms with Crippen LogP contribution in [0.1, 0.15) is 40.0 Å². The van der Waals surface area contributed by atoms with Crippen LogP contribution in [0, 0.1) is 6.92 Å². The SMILES string of the molecule is Cc1ccc(CN)cc1C(=O)NC(C)c1cc(-c2cn[nH]c2)nc(-c2cccc(Cl)c2)c1. The third-order valence-electron chi connectivity index (χ3n) is 5.39. The Bertz CT molecular complexity index is 1250. The summed E-state index contributed by atoms with van der Waals surface area (Å²) in [5.74, 6) is -0.142. The summed E-state index contributed by atoms with van der Waals surface area (Å²) in [5.41, 5.74) is 12.4. The maximum Gasteiger partial charge on any atom is 0.252 e. The molecule has 4 aromatic rings. The van der Waals surface area contributed by atoms with Gasteiger partial charge in [-0.3, -0.25) is 9.89 Å². The monoisotopic (exact) mass is 445 g/mol. The minimum Gasteiger partial charge on any atom is -0.346 e. The molecule has 0 saturated carbocycles. The normalized spacial score (nSPS) is 11.9. The summed E-state index contributed by atoms with van der Waals surface area (Å²) in [5, 5.41) is 10.6. The molecule has 7 heteroatoms. The summed E-state index contributed by atoms with van der Waals surface area (Å²) in [6.45, 7) is 4.26. The lowest BCUT2D eigenvalue weighted by Crippen LogP contribution is -2.27. The van der Waals surface area contributed by atoms with Crippen molar-refractivity contribution in [1.82, 2.24) is 20.5 Å². The van der Waals surface area contributed by atoms with Crippen molar-refractivity contribution in [1.29, 1.82) is 0 Å².